The lowest BCUT2D eigenvalue weighted by atomic mass is 9.85. The Morgan fingerprint density at radius 2 is 2.15 bits per heavy atom. The molecule has 5 nitrogen and oxygen atoms in total. The predicted molar refractivity (Wildman–Crippen MR) is 76.6 cm³/mol. The summed E-state index contributed by atoms with van der Waals surface area (Å²) in [5, 5.41) is 12.3. The SMILES string of the molecule is CCOC(=O)/C(=N\O)C1=NC(C)(C)Cc2ccccc21. The molecule has 1 aliphatic heterocycles. The molecule has 2 rings (SSSR count). The number of fused-ring (bicyclic) bond motifs is 1. The number of ether oxygens (including phenoxy) is 1. The second-order valence-electron chi connectivity index (χ2n) is 5.28. The van der Waals surface area contributed by atoms with Crippen molar-refractivity contribution in [2.75, 3.05) is 6.61 Å². The molecule has 20 heavy (non-hydrogen) atoms. The Morgan fingerprint density at radius 3 is 2.80 bits per heavy atom. The van der Waals surface area contributed by atoms with Gasteiger partial charge in [-0.1, -0.05) is 29.4 Å². The molecule has 0 aliphatic carbocycles. The fourth-order valence-corrected chi connectivity index (χ4v) is 2.34. The summed E-state index contributed by atoms with van der Waals surface area (Å²) in [6.07, 6.45) is 0.772. The minimum atomic E-state index is -0.666. The molecule has 1 aromatic rings. The van der Waals surface area contributed by atoms with Crippen LogP contribution in [0.25, 0.3) is 0 Å². The Hall–Kier alpha value is -2.17. The molecule has 0 bridgehead atoms. The second-order valence-corrected chi connectivity index (χ2v) is 5.28. The van der Waals surface area contributed by atoms with E-state index in [1.165, 1.54) is 0 Å². The van der Waals surface area contributed by atoms with E-state index in [4.69, 9.17) is 4.74 Å². The number of hydrogen-bond donors (Lipinski definition) is 1. The number of esters is 1. The first-order chi connectivity index (χ1) is 9.48. The largest absolute Gasteiger partial charge is 0.461 e. The first kappa shape index (κ1) is 14.2. The monoisotopic (exact) mass is 274 g/mol. The van der Waals surface area contributed by atoms with Crippen LogP contribution in [0.4, 0.5) is 0 Å². The van der Waals surface area contributed by atoms with Gasteiger partial charge in [0.25, 0.3) is 0 Å². The number of hydrogen-bond acceptors (Lipinski definition) is 5. The third-order valence-electron chi connectivity index (χ3n) is 3.10. The van der Waals surface area contributed by atoms with Crippen LogP contribution in [0.3, 0.4) is 0 Å². The molecule has 0 aromatic heterocycles. The fourth-order valence-electron chi connectivity index (χ4n) is 2.34. The molecular weight excluding hydrogens is 256 g/mol. The van der Waals surface area contributed by atoms with E-state index in [0.29, 0.717) is 5.71 Å². The summed E-state index contributed by atoms with van der Waals surface area (Å²) >= 11 is 0. The lowest BCUT2D eigenvalue weighted by molar-refractivity contribution is -0.134. The second kappa shape index (κ2) is 5.45. The zero-order chi connectivity index (χ0) is 14.8. The maximum Gasteiger partial charge on any atom is 0.362 e. The average molecular weight is 274 g/mol. The standard InChI is InChI=1S/C15H18N2O3/c1-4-20-14(18)13(17-19)12-11-8-6-5-7-10(11)9-15(2,3)16-12/h5-8,19H,4,9H2,1-3H3/b17-13-. The minimum Gasteiger partial charge on any atom is -0.461 e. The van der Waals surface area contributed by atoms with Gasteiger partial charge in [-0.15, -0.1) is 0 Å². The van der Waals surface area contributed by atoms with Crippen molar-refractivity contribution in [3.63, 3.8) is 0 Å². The van der Waals surface area contributed by atoms with Crippen LogP contribution in [0.2, 0.25) is 0 Å². The Bertz CT molecular complexity index is 589. The summed E-state index contributed by atoms with van der Waals surface area (Å²) in [5.41, 5.74) is 1.78. The van der Waals surface area contributed by atoms with Gasteiger partial charge in [0.2, 0.25) is 5.71 Å². The Balaban J connectivity index is 2.52. The zero-order valence-corrected chi connectivity index (χ0v) is 11.9. The summed E-state index contributed by atoms with van der Waals surface area (Å²) in [7, 11) is 0. The Kier molecular flexibility index (Phi) is 3.88. The molecule has 106 valence electrons. The van der Waals surface area contributed by atoms with Crippen molar-refractivity contribution in [2.45, 2.75) is 32.7 Å². The smallest absolute Gasteiger partial charge is 0.362 e. The highest BCUT2D eigenvalue weighted by molar-refractivity contribution is 6.69. The minimum absolute atomic E-state index is 0.146. The lowest BCUT2D eigenvalue weighted by Crippen LogP contribution is -2.36. The highest BCUT2D eigenvalue weighted by atomic mass is 16.5. The van der Waals surface area contributed by atoms with E-state index in [9.17, 15) is 10.0 Å². The lowest BCUT2D eigenvalue weighted by Gasteiger charge is -2.28. The first-order valence-electron chi connectivity index (χ1n) is 6.56. The van der Waals surface area contributed by atoms with Gasteiger partial charge in [0.05, 0.1) is 12.1 Å². The first-order valence-corrected chi connectivity index (χ1v) is 6.56. The summed E-state index contributed by atoms with van der Waals surface area (Å²) in [4.78, 5) is 16.5. The van der Waals surface area contributed by atoms with Crippen LogP contribution in [-0.4, -0.2) is 34.7 Å². The van der Waals surface area contributed by atoms with Gasteiger partial charge in [0.1, 0.15) is 5.71 Å². The van der Waals surface area contributed by atoms with Gasteiger partial charge in [-0.25, -0.2) is 4.79 Å². The quantitative estimate of drug-likeness (QED) is 0.397. The van der Waals surface area contributed by atoms with Crippen LogP contribution in [-0.2, 0) is 16.0 Å². The van der Waals surface area contributed by atoms with Crippen LogP contribution >= 0.6 is 0 Å². The summed E-state index contributed by atoms with van der Waals surface area (Å²) in [5.74, 6) is -0.666. The normalized spacial score (nSPS) is 17.1. The van der Waals surface area contributed by atoms with Gasteiger partial charge >= 0.3 is 5.97 Å². The summed E-state index contributed by atoms with van der Waals surface area (Å²) < 4.78 is 4.92. The van der Waals surface area contributed by atoms with Crippen molar-refractivity contribution in [3.8, 4) is 0 Å². The molecule has 0 saturated carbocycles. The molecule has 0 unspecified atom stereocenters. The molecule has 0 fully saturated rings. The molecule has 0 saturated heterocycles. The molecular formula is C15H18N2O3. The third kappa shape index (κ3) is 2.71. The average Bonchev–Trinajstić information content (AvgIpc) is 2.38. The highest BCUT2D eigenvalue weighted by Gasteiger charge is 2.32. The van der Waals surface area contributed by atoms with E-state index in [-0.39, 0.29) is 17.9 Å². The molecule has 0 radical (unpaired) electrons. The van der Waals surface area contributed by atoms with Crippen molar-refractivity contribution in [3.05, 3.63) is 35.4 Å². The number of nitrogens with zero attached hydrogens (tertiary/aromatic N) is 2. The van der Waals surface area contributed by atoms with E-state index >= 15 is 0 Å². The van der Waals surface area contributed by atoms with Crippen molar-refractivity contribution in [1.29, 1.82) is 0 Å². The van der Waals surface area contributed by atoms with Gasteiger partial charge in [-0.3, -0.25) is 4.99 Å². The molecule has 0 atom stereocenters. The molecule has 0 spiro atoms. The number of rotatable bonds is 3. The topological polar surface area (TPSA) is 71.2 Å². The fraction of sp³-hybridized carbons (Fsp3) is 0.400. The van der Waals surface area contributed by atoms with Gasteiger partial charge in [-0.2, -0.15) is 0 Å². The molecule has 1 N–H and O–H groups in total. The molecule has 0 amide bonds. The van der Waals surface area contributed by atoms with Crippen LogP contribution < -0.4 is 0 Å². The van der Waals surface area contributed by atoms with E-state index in [1.807, 2.05) is 38.1 Å². The summed E-state index contributed by atoms with van der Waals surface area (Å²) in [6, 6.07) is 7.67. The van der Waals surface area contributed by atoms with E-state index in [2.05, 4.69) is 10.1 Å². The summed E-state index contributed by atoms with van der Waals surface area (Å²) in [6.45, 7) is 5.87. The maximum atomic E-state index is 11.9. The Morgan fingerprint density at radius 1 is 1.45 bits per heavy atom. The number of benzene rings is 1. The van der Waals surface area contributed by atoms with Crippen molar-refractivity contribution in [1.82, 2.24) is 0 Å². The van der Waals surface area contributed by atoms with Gasteiger partial charge in [-0.05, 0) is 32.8 Å². The number of carbonyl (C=O) groups excluding carboxylic acids is 1. The number of aliphatic imine (C=N–C) groups is 1. The van der Waals surface area contributed by atoms with Crippen molar-refractivity contribution < 1.29 is 14.7 Å². The number of carbonyl (C=O) groups is 1. The Labute approximate surface area is 118 Å². The van der Waals surface area contributed by atoms with E-state index in [0.717, 1.165) is 17.5 Å². The van der Waals surface area contributed by atoms with Crippen LogP contribution in [0.1, 0.15) is 31.9 Å². The maximum absolute atomic E-state index is 11.9. The predicted octanol–water partition coefficient (Wildman–Crippen LogP) is 2.20. The molecule has 1 heterocycles. The molecule has 1 aliphatic rings. The molecule has 1 aromatic carbocycles. The third-order valence-corrected chi connectivity index (χ3v) is 3.10. The van der Waals surface area contributed by atoms with E-state index < -0.39 is 5.97 Å². The van der Waals surface area contributed by atoms with Crippen molar-refractivity contribution in [2.24, 2.45) is 10.1 Å². The van der Waals surface area contributed by atoms with Gasteiger partial charge in [0, 0.05) is 5.56 Å². The number of oxime groups is 1. The zero-order valence-electron chi connectivity index (χ0n) is 11.9. The van der Waals surface area contributed by atoms with E-state index in [1.54, 1.807) is 6.92 Å². The van der Waals surface area contributed by atoms with Crippen molar-refractivity contribution >= 4 is 17.4 Å². The van der Waals surface area contributed by atoms with Crippen LogP contribution in [0, 0.1) is 0 Å². The van der Waals surface area contributed by atoms with Crippen LogP contribution in [0.15, 0.2) is 34.4 Å². The molecule has 5 heteroatoms. The van der Waals surface area contributed by atoms with Gasteiger partial charge in [0.15, 0.2) is 0 Å². The van der Waals surface area contributed by atoms with Gasteiger partial charge < -0.3 is 9.94 Å². The highest BCUT2D eigenvalue weighted by Crippen LogP contribution is 2.27. The van der Waals surface area contributed by atoms with Crippen LogP contribution in [0.5, 0.6) is 0 Å².